The fourth-order valence-electron chi connectivity index (χ4n) is 3.62. The van der Waals surface area contributed by atoms with E-state index < -0.39 is 0 Å². The molecule has 142 valence electrons. The summed E-state index contributed by atoms with van der Waals surface area (Å²) in [6, 6.07) is 16.2. The maximum atomic E-state index is 13.4. The van der Waals surface area contributed by atoms with E-state index in [1.165, 1.54) is 12.1 Å². The molecule has 5 rings (SSSR count). The first-order valence-electron chi connectivity index (χ1n) is 9.35. The fraction of sp³-hybridized carbons (Fsp3) is 0.0417. The van der Waals surface area contributed by atoms with E-state index in [9.17, 15) is 4.39 Å². The van der Waals surface area contributed by atoms with Crippen LogP contribution >= 0.6 is 11.6 Å². The molecule has 0 radical (unpaired) electrons. The number of hydrogen-bond acceptors (Lipinski definition) is 2. The molecule has 0 unspecified atom stereocenters. The van der Waals surface area contributed by atoms with Crippen molar-refractivity contribution in [2.24, 2.45) is 0 Å². The molecule has 0 fully saturated rings. The van der Waals surface area contributed by atoms with E-state index >= 15 is 0 Å². The van der Waals surface area contributed by atoms with Gasteiger partial charge in [0, 0.05) is 28.2 Å². The van der Waals surface area contributed by atoms with Crippen LogP contribution in [0.1, 0.15) is 17.7 Å². The highest BCUT2D eigenvalue weighted by molar-refractivity contribution is 6.30. The molecular formula is C24H17ClFN3. The van der Waals surface area contributed by atoms with Crippen molar-refractivity contribution in [3.63, 3.8) is 0 Å². The Morgan fingerprint density at radius 2 is 1.69 bits per heavy atom. The van der Waals surface area contributed by atoms with E-state index in [0.29, 0.717) is 5.02 Å². The Kier molecular flexibility index (Phi) is 4.41. The standard InChI is InChI=1S/C24H17ClFN3/c25-19-7-12-22(13-8-19)29-24(14-15-27-29)18-6-11-21-2-1-3-23(28(21)16-18)17-4-9-20(26)10-5-17/h2-16H,1H2. The molecule has 1 aromatic heterocycles. The third kappa shape index (κ3) is 3.32. The van der Waals surface area contributed by atoms with Gasteiger partial charge in [0.15, 0.2) is 0 Å². The summed E-state index contributed by atoms with van der Waals surface area (Å²) in [6.45, 7) is 0. The van der Waals surface area contributed by atoms with Crippen LogP contribution in [0.3, 0.4) is 0 Å². The largest absolute Gasteiger partial charge is 0.317 e. The number of fused-ring (bicyclic) bond motifs is 1. The minimum Gasteiger partial charge on any atom is -0.317 e. The topological polar surface area (TPSA) is 21.1 Å². The second-order valence-electron chi connectivity index (χ2n) is 6.85. The van der Waals surface area contributed by atoms with E-state index in [2.05, 4.69) is 40.5 Å². The van der Waals surface area contributed by atoms with Gasteiger partial charge in [-0.2, -0.15) is 5.10 Å². The Labute approximate surface area is 173 Å². The van der Waals surface area contributed by atoms with Gasteiger partial charge in [-0.1, -0.05) is 23.8 Å². The van der Waals surface area contributed by atoms with Crippen LogP contribution < -0.4 is 0 Å². The highest BCUT2D eigenvalue weighted by Gasteiger charge is 2.21. The molecule has 3 nitrogen and oxygen atoms in total. The zero-order valence-electron chi connectivity index (χ0n) is 15.5. The third-order valence-corrected chi connectivity index (χ3v) is 5.28. The molecule has 0 saturated heterocycles. The van der Waals surface area contributed by atoms with Crippen molar-refractivity contribution in [2.75, 3.05) is 0 Å². The van der Waals surface area contributed by atoms with Crippen molar-refractivity contribution in [3.05, 3.63) is 119 Å². The minimum absolute atomic E-state index is 0.234. The summed E-state index contributed by atoms with van der Waals surface area (Å²) >= 11 is 6.03. The van der Waals surface area contributed by atoms with Crippen LogP contribution in [-0.4, -0.2) is 14.7 Å². The summed E-state index contributed by atoms with van der Waals surface area (Å²) < 4.78 is 15.3. The number of halogens is 2. The molecule has 2 aliphatic rings. The molecule has 3 heterocycles. The summed E-state index contributed by atoms with van der Waals surface area (Å²) in [6.07, 6.45) is 13.3. The van der Waals surface area contributed by atoms with Crippen LogP contribution in [0.5, 0.6) is 0 Å². The highest BCUT2D eigenvalue weighted by Crippen LogP contribution is 2.35. The molecule has 0 atom stereocenters. The highest BCUT2D eigenvalue weighted by atomic mass is 35.5. The lowest BCUT2D eigenvalue weighted by atomic mass is 10.0. The van der Waals surface area contributed by atoms with Crippen molar-refractivity contribution in [1.29, 1.82) is 0 Å². The van der Waals surface area contributed by atoms with E-state index in [1.807, 2.05) is 47.1 Å². The van der Waals surface area contributed by atoms with Crippen molar-refractivity contribution >= 4 is 22.9 Å². The van der Waals surface area contributed by atoms with Crippen LogP contribution in [0.25, 0.3) is 17.0 Å². The lowest BCUT2D eigenvalue weighted by Gasteiger charge is -2.31. The first-order chi connectivity index (χ1) is 14.2. The number of benzene rings is 2. The molecular weight excluding hydrogens is 385 g/mol. The summed E-state index contributed by atoms with van der Waals surface area (Å²) in [5.74, 6) is -0.234. The van der Waals surface area contributed by atoms with Crippen LogP contribution in [0, 0.1) is 5.82 Å². The average Bonchev–Trinajstić information content (AvgIpc) is 3.24. The molecule has 0 amide bonds. The van der Waals surface area contributed by atoms with Crippen LogP contribution in [0.2, 0.25) is 5.02 Å². The molecule has 0 N–H and O–H groups in total. The lowest BCUT2D eigenvalue weighted by molar-refractivity contribution is 0.626. The average molecular weight is 402 g/mol. The predicted molar refractivity (Wildman–Crippen MR) is 115 cm³/mol. The first kappa shape index (κ1) is 17.7. The van der Waals surface area contributed by atoms with Gasteiger partial charge in [-0.3, -0.25) is 0 Å². The van der Waals surface area contributed by atoms with Gasteiger partial charge >= 0.3 is 0 Å². The molecule has 29 heavy (non-hydrogen) atoms. The van der Waals surface area contributed by atoms with Crippen molar-refractivity contribution in [3.8, 4) is 5.69 Å². The maximum absolute atomic E-state index is 13.4. The first-order valence-corrected chi connectivity index (χ1v) is 9.72. The van der Waals surface area contributed by atoms with Gasteiger partial charge in [-0.05, 0) is 78.7 Å². The molecule has 0 bridgehead atoms. The summed E-state index contributed by atoms with van der Waals surface area (Å²) in [7, 11) is 0. The van der Waals surface area contributed by atoms with E-state index in [1.54, 1.807) is 6.20 Å². The van der Waals surface area contributed by atoms with Crippen molar-refractivity contribution in [2.45, 2.75) is 6.42 Å². The Morgan fingerprint density at radius 1 is 0.897 bits per heavy atom. The van der Waals surface area contributed by atoms with Gasteiger partial charge in [-0.25, -0.2) is 9.07 Å². The number of rotatable bonds is 3. The molecule has 0 spiro atoms. The van der Waals surface area contributed by atoms with E-state index in [-0.39, 0.29) is 5.82 Å². The Balaban J connectivity index is 1.54. The van der Waals surface area contributed by atoms with Gasteiger partial charge in [0.2, 0.25) is 0 Å². The van der Waals surface area contributed by atoms with Crippen LogP contribution in [0.4, 0.5) is 4.39 Å². The number of nitrogens with zero attached hydrogens (tertiary/aromatic N) is 3. The SMILES string of the molecule is Fc1ccc(C2=CCC=C3C=CC(c4ccnn4-c4ccc(Cl)cc4)=CN32)cc1. The minimum atomic E-state index is -0.234. The number of aromatic nitrogens is 2. The van der Waals surface area contributed by atoms with Crippen molar-refractivity contribution < 1.29 is 4.39 Å². The monoisotopic (exact) mass is 401 g/mol. The van der Waals surface area contributed by atoms with Gasteiger partial charge in [0.05, 0.1) is 17.6 Å². The molecule has 3 aromatic rings. The van der Waals surface area contributed by atoms with E-state index in [0.717, 1.165) is 40.3 Å². The van der Waals surface area contributed by atoms with Gasteiger partial charge in [-0.15, -0.1) is 0 Å². The molecule has 5 heteroatoms. The summed E-state index contributed by atoms with van der Waals surface area (Å²) in [4.78, 5) is 2.14. The lowest BCUT2D eigenvalue weighted by Crippen LogP contribution is -2.20. The zero-order valence-corrected chi connectivity index (χ0v) is 16.2. The second kappa shape index (κ2) is 7.22. The van der Waals surface area contributed by atoms with E-state index in [4.69, 9.17) is 11.6 Å². The molecule has 0 saturated carbocycles. The molecule has 0 aliphatic carbocycles. The third-order valence-electron chi connectivity index (χ3n) is 5.03. The summed E-state index contributed by atoms with van der Waals surface area (Å²) in [5.41, 5.74) is 6.08. The Morgan fingerprint density at radius 3 is 2.48 bits per heavy atom. The molecule has 2 aromatic carbocycles. The predicted octanol–water partition coefficient (Wildman–Crippen LogP) is 6.21. The number of allylic oxidation sites excluding steroid dienone is 5. The van der Waals surface area contributed by atoms with Crippen molar-refractivity contribution in [1.82, 2.24) is 14.7 Å². The number of hydrogen-bond donors (Lipinski definition) is 0. The quantitative estimate of drug-likeness (QED) is 0.520. The van der Waals surface area contributed by atoms with Crippen LogP contribution in [0.15, 0.2) is 97.0 Å². The fourth-order valence-corrected chi connectivity index (χ4v) is 3.74. The van der Waals surface area contributed by atoms with Gasteiger partial charge in [0.1, 0.15) is 5.82 Å². The zero-order chi connectivity index (χ0) is 19.8. The normalized spacial score (nSPS) is 15.5. The maximum Gasteiger partial charge on any atom is 0.123 e. The molecule has 2 aliphatic heterocycles. The Bertz CT molecular complexity index is 1180. The smallest absolute Gasteiger partial charge is 0.123 e. The summed E-state index contributed by atoms with van der Waals surface area (Å²) in [5, 5.41) is 5.18. The van der Waals surface area contributed by atoms with Crippen LogP contribution in [-0.2, 0) is 0 Å². The van der Waals surface area contributed by atoms with Gasteiger partial charge < -0.3 is 4.90 Å². The second-order valence-corrected chi connectivity index (χ2v) is 7.29. The van der Waals surface area contributed by atoms with Gasteiger partial charge in [0.25, 0.3) is 0 Å². The Hall–Kier alpha value is -3.37.